The summed E-state index contributed by atoms with van der Waals surface area (Å²) >= 11 is 0. The van der Waals surface area contributed by atoms with Crippen molar-refractivity contribution in [2.45, 2.75) is 19.9 Å². The van der Waals surface area contributed by atoms with Gasteiger partial charge in [0.15, 0.2) is 0 Å². The van der Waals surface area contributed by atoms with E-state index in [9.17, 15) is 4.79 Å². The van der Waals surface area contributed by atoms with Crippen LogP contribution in [-0.4, -0.2) is 25.7 Å². The molecule has 0 saturated heterocycles. The van der Waals surface area contributed by atoms with E-state index in [4.69, 9.17) is 0 Å². The Balaban J connectivity index is 2.07. The van der Waals surface area contributed by atoms with Crippen molar-refractivity contribution in [2.24, 2.45) is 0 Å². The maximum absolute atomic E-state index is 11.9. The molecular formula is C11H13N5O. The molecular weight excluding hydrogens is 218 g/mol. The minimum atomic E-state index is -0.417. The Morgan fingerprint density at radius 1 is 1.47 bits per heavy atom. The van der Waals surface area contributed by atoms with E-state index in [0.717, 1.165) is 5.69 Å². The fraction of sp³-hybridized carbons (Fsp3) is 0.273. The zero-order valence-corrected chi connectivity index (χ0v) is 9.66. The number of amides is 1. The molecule has 0 aliphatic rings. The van der Waals surface area contributed by atoms with Gasteiger partial charge in [-0.1, -0.05) is 6.07 Å². The van der Waals surface area contributed by atoms with Crippen LogP contribution in [0.2, 0.25) is 0 Å². The number of rotatable bonds is 3. The van der Waals surface area contributed by atoms with Gasteiger partial charge in [0, 0.05) is 5.69 Å². The lowest BCUT2D eigenvalue weighted by Gasteiger charge is -2.11. The van der Waals surface area contributed by atoms with Crippen LogP contribution in [-0.2, 0) is 4.79 Å². The number of pyridine rings is 1. The van der Waals surface area contributed by atoms with Crippen molar-refractivity contribution in [3.8, 4) is 0 Å². The highest BCUT2D eigenvalue weighted by molar-refractivity contribution is 5.92. The predicted molar refractivity (Wildman–Crippen MR) is 62.3 cm³/mol. The average Bonchev–Trinajstić information content (AvgIpc) is 2.81. The van der Waals surface area contributed by atoms with Crippen LogP contribution in [0.1, 0.15) is 18.7 Å². The van der Waals surface area contributed by atoms with Crippen LogP contribution in [0.15, 0.2) is 30.9 Å². The summed E-state index contributed by atoms with van der Waals surface area (Å²) in [5.41, 5.74) is 0.858. The molecule has 1 N–H and O–H groups in total. The summed E-state index contributed by atoms with van der Waals surface area (Å²) in [6, 6.07) is 5.05. The van der Waals surface area contributed by atoms with E-state index in [1.165, 1.54) is 17.3 Å². The number of nitrogens with zero attached hydrogens (tertiary/aromatic N) is 4. The topological polar surface area (TPSA) is 72.7 Å². The van der Waals surface area contributed by atoms with Crippen molar-refractivity contribution in [3.05, 3.63) is 36.5 Å². The summed E-state index contributed by atoms with van der Waals surface area (Å²) in [7, 11) is 0. The summed E-state index contributed by atoms with van der Waals surface area (Å²) < 4.78 is 1.49. The first-order chi connectivity index (χ1) is 8.16. The standard InChI is InChI=1S/C11H13N5O/c1-8-4-3-5-10(14-8)15-11(17)9(2)16-7-12-6-13-16/h3-7,9H,1-2H3,(H,14,15,17). The molecule has 1 atom stereocenters. The highest BCUT2D eigenvalue weighted by atomic mass is 16.2. The van der Waals surface area contributed by atoms with Crippen LogP contribution < -0.4 is 5.32 Å². The fourth-order valence-electron chi connectivity index (χ4n) is 1.38. The van der Waals surface area contributed by atoms with Gasteiger partial charge in [-0.15, -0.1) is 0 Å². The van der Waals surface area contributed by atoms with Gasteiger partial charge in [-0.2, -0.15) is 5.10 Å². The molecule has 88 valence electrons. The third kappa shape index (κ3) is 2.66. The summed E-state index contributed by atoms with van der Waals surface area (Å²) in [5.74, 6) is 0.371. The van der Waals surface area contributed by atoms with Crippen molar-refractivity contribution in [2.75, 3.05) is 5.32 Å². The van der Waals surface area contributed by atoms with E-state index >= 15 is 0 Å². The highest BCUT2D eigenvalue weighted by Crippen LogP contribution is 2.08. The molecule has 2 aromatic heterocycles. The number of carbonyl (C=O) groups is 1. The maximum atomic E-state index is 11.9. The van der Waals surface area contributed by atoms with Gasteiger partial charge in [0.1, 0.15) is 24.5 Å². The lowest BCUT2D eigenvalue weighted by Crippen LogP contribution is -2.24. The second-order valence-electron chi connectivity index (χ2n) is 3.70. The van der Waals surface area contributed by atoms with Gasteiger partial charge in [-0.3, -0.25) is 4.79 Å². The average molecular weight is 231 g/mol. The van der Waals surface area contributed by atoms with Gasteiger partial charge in [0.05, 0.1) is 0 Å². The van der Waals surface area contributed by atoms with E-state index in [1.807, 2.05) is 19.1 Å². The van der Waals surface area contributed by atoms with Gasteiger partial charge in [0.2, 0.25) is 5.91 Å². The van der Waals surface area contributed by atoms with Crippen LogP contribution in [0, 0.1) is 6.92 Å². The molecule has 0 aromatic carbocycles. The molecule has 0 spiro atoms. The van der Waals surface area contributed by atoms with Crippen LogP contribution in [0.25, 0.3) is 0 Å². The molecule has 6 heteroatoms. The molecule has 0 aliphatic carbocycles. The molecule has 2 heterocycles. The lowest BCUT2D eigenvalue weighted by molar-refractivity contribution is -0.119. The molecule has 0 saturated carbocycles. The highest BCUT2D eigenvalue weighted by Gasteiger charge is 2.15. The zero-order chi connectivity index (χ0) is 12.3. The van der Waals surface area contributed by atoms with Gasteiger partial charge < -0.3 is 5.32 Å². The smallest absolute Gasteiger partial charge is 0.250 e. The predicted octanol–water partition coefficient (Wildman–Crippen LogP) is 1.18. The maximum Gasteiger partial charge on any atom is 0.250 e. The first kappa shape index (κ1) is 11.3. The molecule has 1 unspecified atom stereocenters. The van der Waals surface area contributed by atoms with E-state index in [2.05, 4.69) is 20.4 Å². The number of nitrogens with one attached hydrogen (secondary N) is 1. The number of aromatic nitrogens is 4. The molecule has 2 aromatic rings. The third-order valence-corrected chi connectivity index (χ3v) is 2.35. The van der Waals surface area contributed by atoms with E-state index < -0.39 is 6.04 Å². The monoisotopic (exact) mass is 231 g/mol. The van der Waals surface area contributed by atoms with Crippen molar-refractivity contribution >= 4 is 11.7 Å². The molecule has 2 rings (SSSR count). The number of aryl methyl sites for hydroxylation is 1. The second-order valence-corrected chi connectivity index (χ2v) is 3.70. The molecule has 0 aliphatic heterocycles. The summed E-state index contributed by atoms with van der Waals surface area (Å²) in [4.78, 5) is 19.9. The minimum absolute atomic E-state index is 0.173. The molecule has 1 amide bonds. The quantitative estimate of drug-likeness (QED) is 0.860. The van der Waals surface area contributed by atoms with Gasteiger partial charge in [-0.25, -0.2) is 14.6 Å². The number of anilines is 1. The Kier molecular flexibility index (Phi) is 3.13. The van der Waals surface area contributed by atoms with Gasteiger partial charge >= 0.3 is 0 Å². The van der Waals surface area contributed by atoms with Crippen LogP contribution in [0.3, 0.4) is 0 Å². The van der Waals surface area contributed by atoms with E-state index in [-0.39, 0.29) is 5.91 Å². The van der Waals surface area contributed by atoms with Crippen LogP contribution in [0.5, 0.6) is 0 Å². The van der Waals surface area contributed by atoms with Crippen LogP contribution >= 0.6 is 0 Å². The normalized spacial score (nSPS) is 12.1. The Morgan fingerprint density at radius 2 is 2.29 bits per heavy atom. The Labute approximate surface area is 98.7 Å². The molecule has 0 radical (unpaired) electrons. The Morgan fingerprint density at radius 3 is 2.94 bits per heavy atom. The van der Waals surface area contributed by atoms with Crippen molar-refractivity contribution in [1.82, 2.24) is 19.7 Å². The minimum Gasteiger partial charge on any atom is -0.309 e. The number of carbonyl (C=O) groups excluding carboxylic acids is 1. The van der Waals surface area contributed by atoms with Gasteiger partial charge in [0.25, 0.3) is 0 Å². The molecule has 6 nitrogen and oxygen atoms in total. The summed E-state index contributed by atoms with van der Waals surface area (Å²) in [6.45, 7) is 3.62. The third-order valence-electron chi connectivity index (χ3n) is 2.35. The molecule has 17 heavy (non-hydrogen) atoms. The largest absolute Gasteiger partial charge is 0.309 e. The zero-order valence-electron chi connectivity index (χ0n) is 9.66. The Bertz CT molecular complexity index is 508. The SMILES string of the molecule is Cc1cccc(NC(=O)C(C)n2cncn2)n1. The lowest BCUT2D eigenvalue weighted by atomic mass is 10.3. The number of hydrogen-bond donors (Lipinski definition) is 1. The van der Waals surface area contributed by atoms with E-state index in [1.54, 1.807) is 13.0 Å². The summed E-state index contributed by atoms with van der Waals surface area (Å²) in [6.07, 6.45) is 2.91. The summed E-state index contributed by atoms with van der Waals surface area (Å²) in [5, 5.41) is 6.65. The fourth-order valence-corrected chi connectivity index (χ4v) is 1.38. The second kappa shape index (κ2) is 4.73. The molecule has 0 bridgehead atoms. The first-order valence-electron chi connectivity index (χ1n) is 5.25. The van der Waals surface area contributed by atoms with Crippen LogP contribution in [0.4, 0.5) is 5.82 Å². The van der Waals surface area contributed by atoms with Crippen molar-refractivity contribution < 1.29 is 4.79 Å². The first-order valence-corrected chi connectivity index (χ1v) is 5.25. The van der Waals surface area contributed by atoms with Crippen molar-refractivity contribution in [3.63, 3.8) is 0 Å². The van der Waals surface area contributed by atoms with Crippen molar-refractivity contribution in [1.29, 1.82) is 0 Å². The van der Waals surface area contributed by atoms with E-state index in [0.29, 0.717) is 5.82 Å². The molecule has 0 fully saturated rings. The number of hydrogen-bond acceptors (Lipinski definition) is 4. The van der Waals surface area contributed by atoms with Gasteiger partial charge in [-0.05, 0) is 26.0 Å². The Hall–Kier alpha value is -2.24.